The van der Waals surface area contributed by atoms with Gasteiger partial charge in [-0.05, 0) is 44.9 Å². The quantitative estimate of drug-likeness (QED) is 0.785. The van der Waals surface area contributed by atoms with Crippen LogP contribution in [0.25, 0.3) is 0 Å². The van der Waals surface area contributed by atoms with Gasteiger partial charge in [-0.3, -0.25) is 0 Å². The van der Waals surface area contributed by atoms with Crippen LogP contribution in [0.5, 0.6) is 0 Å². The highest BCUT2D eigenvalue weighted by Gasteiger charge is 2.03. The summed E-state index contributed by atoms with van der Waals surface area (Å²) in [6.45, 7) is 7.87. The summed E-state index contributed by atoms with van der Waals surface area (Å²) in [6, 6.07) is 5.63. The lowest BCUT2D eigenvalue weighted by Gasteiger charge is -2.09. The number of carbonyl (C=O) groups is 1. The van der Waals surface area contributed by atoms with Gasteiger partial charge in [0.05, 0.1) is 0 Å². The van der Waals surface area contributed by atoms with Gasteiger partial charge in [-0.25, -0.2) is 4.79 Å². The van der Waals surface area contributed by atoms with Crippen LogP contribution in [-0.2, 0) is 0 Å². The van der Waals surface area contributed by atoms with Gasteiger partial charge in [-0.1, -0.05) is 17.7 Å². The minimum Gasteiger partial charge on any atom is -0.314 e. The average Bonchev–Trinajstić information content (AvgIpc) is 2.22. The van der Waals surface area contributed by atoms with Gasteiger partial charge in [0.2, 0.25) is 0 Å². The summed E-state index contributed by atoms with van der Waals surface area (Å²) in [5, 5.41) is 5.48. The normalized spacial score (nSPS) is 9.50. The van der Waals surface area contributed by atoms with Gasteiger partial charge in [0.25, 0.3) is 0 Å². The van der Waals surface area contributed by atoms with E-state index in [4.69, 9.17) is 0 Å². The third kappa shape index (κ3) is 3.42. The number of benzene rings is 1. The van der Waals surface area contributed by atoms with Crippen LogP contribution in [-0.4, -0.2) is 6.03 Å². The molecule has 2 amide bonds. The summed E-state index contributed by atoms with van der Waals surface area (Å²) < 4.78 is 0. The van der Waals surface area contributed by atoms with Gasteiger partial charge < -0.3 is 10.6 Å². The Morgan fingerprint density at radius 2 is 1.94 bits per heavy atom. The Morgan fingerprint density at radius 1 is 1.25 bits per heavy atom. The van der Waals surface area contributed by atoms with E-state index in [0.717, 1.165) is 16.8 Å². The molecule has 0 spiro atoms. The number of anilines is 1. The first-order chi connectivity index (χ1) is 7.50. The van der Waals surface area contributed by atoms with Crippen LogP contribution in [0.15, 0.2) is 30.0 Å². The number of allylic oxidation sites excluding steroid dienone is 1. The second kappa shape index (κ2) is 5.35. The van der Waals surface area contributed by atoms with Crippen LogP contribution >= 0.6 is 0 Å². The topological polar surface area (TPSA) is 41.1 Å². The Balaban J connectivity index is 2.70. The Bertz CT molecular complexity index is 418. The second-order valence-electron chi connectivity index (χ2n) is 4.07. The van der Waals surface area contributed by atoms with Crippen molar-refractivity contribution in [3.63, 3.8) is 0 Å². The SMILES string of the molecule is CC(C)=CNC(=O)Nc1cccc(C)c1C. The molecule has 0 bridgehead atoms. The Kier molecular flexibility index (Phi) is 4.11. The number of aryl methyl sites for hydroxylation is 1. The number of carbonyl (C=O) groups excluding carboxylic acids is 1. The predicted octanol–water partition coefficient (Wildman–Crippen LogP) is 3.35. The number of nitrogens with one attached hydrogen (secondary N) is 2. The molecule has 1 aromatic rings. The van der Waals surface area contributed by atoms with E-state index < -0.39 is 0 Å². The fourth-order valence-electron chi connectivity index (χ4n) is 1.25. The van der Waals surface area contributed by atoms with Crippen molar-refractivity contribution in [2.45, 2.75) is 27.7 Å². The smallest absolute Gasteiger partial charge is 0.314 e. The number of hydrogen-bond donors (Lipinski definition) is 2. The fraction of sp³-hybridized carbons (Fsp3) is 0.308. The maximum atomic E-state index is 11.5. The van der Waals surface area contributed by atoms with E-state index in [1.54, 1.807) is 6.20 Å². The van der Waals surface area contributed by atoms with E-state index in [1.165, 1.54) is 5.56 Å². The molecule has 0 saturated carbocycles. The lowest BCUT2D eigenvalue weighted by atomic mass is 10.1. The average molecular weight is 218 g/mol. The third-order valence-corrected chi connectivity index (χ3v) is 2.34. The first-order valence-electron chi connectivity index (χ1n) is 5.28. The molecule has 3 heteroatoms. The molecule has 0 saturated heterocycles. The van der Waals surface area contributed by atoms with Gasteiger partial charge >= 0.3 is 6.03 Å². The Morgan fingerprint density at radius 3 is 2.56 bits per heavy atom. The number of rotatable bonds is 2. The van der Waals surface area contributed by atoms with E-state index >= 15 is 0 Å². The van der Waals surface area contributed by atoms with Crippen LogP contribution in [0.2, 0.25) is 0 Å². The summed E-state index contributed by atoms with van der Waals surface area (Å²) >= 11 is 0. The van der Waals surface area contributed by atoms with Crippen molar-refractivity contribution in [3.05, 3.63) is 41.1 Å². The van der Waals surface area contributed by atoms with Crippen molar-refractivity contribution >= 4 is 11.7 Å². The minimum atomic E-state index is -0.213. The molecule has 1 aromatic carbocycles. The van der Waals surface area contributed by atoms with Gasteiger partial charge in [-0.15, -0.1) is 0 Å². The first kappa shape index (κ1) is 12.3. The largest absolute Gasteiger partial charge is 0.323 e. The van der Waals surface area contributed by atoms with Crippen molar-refractivity contribution in [1.82, 2.24) is 5.32 Å². The predicted molar refractivity (Wildman–Crippen MR) is 67.5 cm³/mol. The molecule has 0 heterocycles. The zero-order valence-corrected chi connectivity index (χ0v) is 10.2. The van der Waals surface area contributed by atoms with Crippen molar-refractivity contribution in [2.24, 2.45) is 0 Å². The highest BCUT2D eigenvalue weighted by atomic mass is 16.2. The lowest BCUT2D eigenvalue weighted by Crippen LogP contribution is -2.24. The molecule has 16 heavy (non-hydrogen) atoms. The highest BCUT2D eigenvalue weighted by molar-refractivity contribution is 5.90. The first-order valence-corrected chi connectivity index (χ1v) is 5.28. The lowest BCUT2D eigenvalue weighted by molar-refractivity contribution is 0.255. The fourth-order valence-corrected chi connectivity index (χ4v) is 1.25. The standard InChI is InChI=1S/C13H18N2O/c1-9(2)8-14-13(16)15-12-7-5-6-10(3)11(12)4/h5-8H,1-4H3,(H2,14,15,16). The zero-order chi connectivity index (χ0) is 12.1. The van der Waals surface area contributed by atoms with E-state index in [0.29, 0.717) is 0 Å². The molecule has 0 unspecified atom stereocenters. The van der Waals surface area contributed by atoms with Crippen LogP contribution in [0.4, 0.5) is 10.5 Å². The molecule has 0 fully saturated rings. The monoisotopic (exact) mass is 218 g/mol. The summed E-state index contributed by atoms with van der Waals surface area (Å²) in [4.78, 5) is 11.5. The Hall–Kier alpha value is -1.77. The van der Waals surface area contributed by atoms with Crippen LogP contribution in [0.1, 0.15) is 25.0 Å². The van der Waals surface area contributed by atoms with Gasteiger partial charge in [-0.2, -0.15) is 0 Å². The number of amides is 2. The zero-order valence-electron chi connectivity index (χ0n) is 10.2. The Labute approximate surface area is 96.6 Å². The van der Waals surface area contributed by atoms with Crippen molar-refractivity contribution < 1.29 is 4.79 Å². The number of hydrogen-bond acceptors (Lipinski definition) is 1. The summed E-state index contributed by atoms with van der Waals surface area (Å²) in [5.41, 5.74) is 4.16. The van der Waals surface area contributed by atoms with Crippen LogP contribution < -0.4 is 10.6 Å². The highest BCUT2D eigenvalue weighted by Crippen LogP contribution is 2.17. The maximum absolute atomic E-state index is 11.5. The summed E-state index contributed by atoms with van der Waals surface area (Å²) in [7, 11) is 0. The second-order valence-corrected chi connectivity index (χ2v) is 4.07. The van der Waals surface area contributed by atoms with Crippen LogP contribution in [0, 0.1) is 13.8 Å². The molecule has 2 N–H and O–H groups in total. The van der Waals surface area contributed by atoms with Gasteiger partial charge in [0.15, 0.2) is 0 Å². The van der Waals surface area contributed by atoms with E-state index in [1.807, 2.05) is 45.9 Å². The van der Waals surface area contributed by atoms with E-state index in [-0.39, 0.29) is 6.03 Å². The molecular formula is C13H18N2O. The van der Waals surface area contributed by atoms with Crippen molar-refractivity contribution in [3.8, 4) is 0 Å². The van der Waals surface area contributed by atoms with Crippen LogP contribution in [0.3, 0.4) is 0 Å². The number of urea groups is 1. The molecule has 0 aromatic heterocycles. The molecule has 0 aliphatic heterocycles. The summed E-state index contributed by atoms with van der Waals surface area (Å²) in [5.74, 6) is 0. The molecule has 1 rings (SSSR count). The summed E-state index contributed by atoms with van der Waals surface area (Å²) in [6.07, 6.45) is 1.68. The molecular weight excluding hydrogens is 200 g/mol. The van der Waals surface area contributed by atoms with Gasteiger partial charge in [0.1, 0.15) is 0 Å². The molecule has 3 nitrogen and oxygen atoms in total. The van der Waals surface area contributed by atoms with E-state index in [9.17, 15) is 4.79 Å². The minimum absolute atomic E-state index is 0.213. The molecule has 0 atom stereocenters. The molecule has 86 valence electrons. The molecule has 0 aliphatic carbocycles. The molecule has 0 aliphatic rings. The van der Waals surface area contributed by atoms with E-state index in [2.05, 4.69) is 10.6 Å². The molecule has 0 radical (unpaired) electrons. The van der Waals surface area contributed by atoms with Crippen molar-refractivity contribution in [1.29, 1.82) is 0 Å². The maximum Gasteiger partial charge on any atom is 0.323 e. The van der Waals surface area contributed by atoms with Gasteiger partial charge in [0, 0.05) is 11.9 Å². The van der Waals surface area contributed by atoms with Crippen molar-refractivity contribution in [2.75, 3.05) is 5.32 Å². The third-order valence-electron chi connectivity index (χ3n) is 2.34.